The normalized spacial score (nSPS) is 22.9. The first-order valence-corrected chi connectivity index (χ1v) is 24.6. The highest BCUT2D eigenvalue weighted by Crippen LogP contribution is 2.47. The summed E-state index contributed by atoms with van der Waals surface area (Å²) in [5.74, 6) is -0.513. The minimum Gasteiger partial charge on any atom is -0.457 e. The van der Waals surface area contributed by atoms with Crippen LogP contribution in [0.1, 0.15) is 142 Å². The van der Waals surface area contributed by atoms with Crippen molar-refractivity contribution in [2.24, 2.45) is 0 Å². The molecule has 0 radical (unpaired) electrons. The van der Waals surface area contributed by atoms with Crippen molar-refractivity contribution in [3.8, 4) is 0 Å². The number of carbonyl (C=O) groups is 1. The van der Waals surface area contributed by atoms with Crippen LogP contribution in [0, 0.1) is 0 Å². The molecule has 1 rings (SSSR count). The fourth-order valence-electron chi connectivity index (χ4n) is 6.34. The SMILES string of the molecule is CC/C=C\C/C=C\C/C=C\C/C=C\CCCCCCCOCC(COP(=O)(O)OC1C(O)C(O)C(O)C(O)C1O)OC(=O)CCCCCC/C=C\C/C=C\C/C=C\C/C=C\CC. The van der Waals surface area contributed by atoms with E-state index >= 15 is 0 Å². The van der Waals surface area contributed by atoms with E-state index in [1.807, 2.05) is 0 Å². The lowest BCUT2D eigenvalue weighted by molar-refractivity contribution is -0.220. The van der Waals surface area contributed by atoms with Gasteiger partial charge in [-0.2, -0.15) is 0 Å². The first kappa shape index (κ1) is 57.3. The number of carbonyl (C=O) groups excluding carboxylic acids is 1. The Balaban J connectivity index is 2.44. The number of hydrogen-bond acceptors (Lipinski definition) is 11. The Labute approximate surface area is 373 Å². The first-order chi connectivity index (χ1) is 30.0. The molecular weight excluding hydrogens is 812 g/mol. The second-order valence-electron chi connectivity index (χ2n) is 15.5. The van der Waals surface area contributed by atoms with E-state index in [9.17, 15) is 39.8 Å². The van der Waals surface area contributed by atoms with Crippen LogP contribution in [-0.2, 0) is 27.9 Å². The Kier molecular flexibility index (Phi) is 35.7. The molecule has 6 atom stereocenters. The van der Waals surface area contributed by atoms with Gasteiger partial charge in [0.25, 0.3) is 0 Å². The number of esters is 1. The van der Waals surface area contributed by atoms with Crippen molar-refractivity contribution in [1.82, 2.24) is 0 Å². The second-order valence-corrected chi connectivity index (χ2v) is 16.9. The molecule has 0 aromatic carbocycles. The summed E-state index contributed by atoms with van der Waals surface area (Å²) < 4.78 is 34.1. The molecule has 1 aliphatic rings. The number of ether oxygens (including phenoxy) is 2. The van der Waals surface area contributed by atoms with Crippen molar-refractivity contribution >= 4 is 13.8 Å². The van der Waals surface area contributed by atoms with E-state index in [-0.39, 0.29) is 13.0 Å². The maximum Gasteiger partial charge on any atom is 0.472 e. The molecule has 13 heteroatoms. The zero-order chi connectivity index (χ0) is 45.5. The molecule has 1 fully saturated rings. The highest BCUT2D eigenvalue weighted by atomic mass is 31.2. The van der Waals surface area contributed by atoms with Crippen molar-refractivity contribution in [3.05, 3.63) is 97.2 Å². The van der Waals surface area contributed by atoms with Gasteiger partial charge in [-0.05, 0) is 89.9 Å². The number of phosphoric ester groups is 1. The molecule has 0 heterocycles. The van der Waals surface area contributed by atoms with Gasteiger partial charge in [0.1, 0.15) is 42.7 Å². The molecular formula is C49H81O12P. The maximum atomic E-state index is 12.8. The average Bonchev–Trinajstić information content (AvgIpc) is 3.26. The lowest BCUT2D eigenvalue weighted by Gasteiger charge is -2.41. The third-order valence-electron chi connectivity index (χ3n) is 9.95. The quantitative estimate of drug-likeness (QED) is 0.0150. The molecule has 0 aliphatic heterocycles. The molecule has 12 nitrogen and oxygen atoms in total. The summed E-state index contributed by atoms with van der Waals surface area (Å²) in [6.07, 6.45) is 40.4. The fraction of sp³-hybridized carbons (Fsp3) is 0.653. The third-order valence-corrected chi connectivity index (χ3v) is 10.9. The summed E-state index contributed by atoms with van der Waals surface area (Å²) in [4.78, 5) is 23.2. The van der Waals surface area contributed by atoms with Crippen molar-refractivity contribution < 1.29 is 58.3 Å². The average molecular weight is 893 g/mol. The van der Waals surface area contributed by atoms with E-state index in [1.165, 1.54) is 0 Å². The minimum absolute atomic E-state index is 0.106. The van der Waals surface area contributed by atoms with Crippen molar-refractivity contribution in [1.29, 1.82) is 0 Å². The van der Waals surface area contributed by atoms with Crippen molar-refractivity contribution in [2.45, 2.75) is 185 Å². The Morgan fingerprint density at radius 1 is 0.516 bits per heavy atom. The zero-order valence-electron chi connectivity index (χ0n) is 37.6. The van der Waals surface area contributed by atoms with Gasteiger partial charge in [-0.3, -0.25) is 13.8 Å². The molecule has 354 valence electrons. The fourth-order valence-corrected chi connectivity index (χ4v) is 7.31. The van der Waals surface area contributed by atoms with Crippen LogP contribution in [0.2, 0.25) is 0 Å². The molecule has 62 heavy (non-hydrogen) atoms. The predicted octanol–water partition coefficient (Wildman–Crippen LogP) is 9.53. The molecule has 1 aliphatic carbocycles. The molecule has 1 saturated carbocycles. The van der Waals surface area contributed by atoms with Gasteiger partial charge in [0.05, 0.1) is 13.2 Å². The highest BCUT2D eigenvalue weighted by Gasteiger charge is 2.51. The Morgan fingerprint density at radius 2 is 0.903 bits per heavy atom. The van der Waals surface area contributed by atoms with Crippen LogP contribution in [0.3, 0.4) is 0 Å². The van der Waals surface area contributed by atoms with Crippen LogP contribution in [-0.4, -0.2) is 98.9 Å². The Hall–Kier alpha value is -2.74. The molecule has 6 N–H and O–H groups in total. The summed E-state index contributed by atoms with van der Waals surface area (Å²) in [6, 6.07) is 0. The van der Waals surface area contributed by atoms with Crippen LogP contribution >= 0.6 is 7.82 Å². The van der Waals surface area contributed by atoms with Crippen LogP contribution in [0.15, 0.2) is 97.2 Å². The topological polar surface area (TPSA) is 192 Å². The number of phosphoric acid groups is 1. The monoisotopic (exact) mass is 893 g/mol. The molecule has 0 aromatic heterocycles. The molecule has 0 aromatic rings. The van der Waals surface area contributed by atoms with Crippen LogP contribution < -0.4 is 0 Å². The number of aliphatic hydroxyl groups is 5. The smallest absolute Gasteiger partial charge is 0.457 e. The van der Waals surface area contributed by atoms with Gasteiger partial charge in [0.15, 0.2) is 0 Å². The number of unbranched alkanes of at least 4 members (excludes halogenated alkanes) is 9. The van der Waals surface area contributed by atoms with E-state index in [0.29, 0.717) is 13.0 Å². The number of allylic oxidation sites excluding steroid dienone is 16. The van der Waals surface area contributed by atoms with E-state index < -0.39 is 63.1 Å². The molecule has 6 unspecified atom stereocenters. The Bertz CT molecular complexity index is 1390. The lowest BCUT2D eigenvalue weighted by atomic mass is 9.85. The zero-order valence-corrected chi connectivity index (χ0v) is 38.5. The first-order valence-electron chi connectivity index (χ1n) is 23.1. The van der Waals surface area contributed by atoms with Crippen LogP contribution in [0.5, 0.6) is 0 Å². The predicted molar refractivity (Wildman–Crippen MR) is 248 cm³/mol. The van der Waals surface area contributed by atoms with Gasteiger partial charge in [0.2, 0.25) is 0 Å². The summed E-state index contributed by atoms with van der Waals surface area (Å²) in [7, 11) is -5.04. The number of aliphatic hydroxyl groups excluding tert-OH is 5. The molecule has 0 saturated heterocycles. The van der Waals surface area contributed by atoms with Gasteiger partial charge >= 0.3 is 13.8 Å². The van der Waals surface area contributed by atoms with Gasteiger partial charge in [-0.1, -0.05) is 143 Å². The number of hydrogen-bond donors (Lipinski definition) is 6. The summed E-state index contributed by atoms with van der Waals surface area (Å²) in [5.41, 5.74) is 0. The lowest BCUT2D eigenvalue weighted by Crippen LogP contribution is -2.64. The summed E-state index contributed by atoms with van der Waals surface area (Å²) >= 11 is 0. The molecule has 0 spiro atoms. The van der Waals surface area contributed by atoms with Gasteiger partial charge in [0, 0.05) is 13.0 Å². The van der Waals surface area contributed by atoms with Crippen LogP contribution in [0.25, 0.3) is 0 Å². The van der Waals surface area contributed by atoms with E-state index in [4.69, 9.17) is 18.5 Å². The Morgan fingerprint density at radius 3 is 1.37 bits per heavy atom. The van der Waals surface area contributed by atoms with E-state index in [1.54, 1.807) is 0 Å². The third kappa shape index (κ3) is 30.4. The van der Waals surface area contributed by atoms with Crippen molar-refractivity contribution in [3.63, 3.8) is 0 Å². The van der Waals surface area contributed by atoms with E-state index in [2.05, 4.69) is 111 Å². The number of rotatable bonds is 37. The summed E-state index contributed by atoms with van der Waals surface area (Å²) in [5, 5.41) is 50.2. The van der Waals surface area contributed by atoms with Crippen LogP contribution in [0.4, 0.5) is 0 Å². The van der Waals surface area contributed by atoms with Crippen molar-refractivity contribution in [2.75, 3.05) is 19.8 Å². The van der Waals surface area contributed by atoms with Gasteiger partial charge in [-0.25, -0.2) is 4.57 Å². The largest absolute Gasteiger partial charge is 0.472 e. The van der Waals surface area contributed by atoms with Gasteiger partial charge in [-0.15, -0.1) is 0 Å². The molecule has 0 bridgehead atoms. The van der Waals surface area contributed by atoms with E-state index in [0.717, 1.165) is 116 Å². The highest BCUT2D eigenvalue weighted by molar-refractivity contribution is 7.47. The maximum absolute atomic E-state index is 12.8. The molecule has 0 amide bonds. The standard InChI is InChI=1S/C49H81O12P/c1-3-5-7-9-11-13-15-17-19-21-23-25-27-29-31-33-35-37-39-58-40-42(41-59-62(56,57)61-49-47(54)45(52)44(51)46(53)48(49)55)60-43(50)38-36-34-32-30-28-26-24-22-20-18-16-14-12-10-8-6-4-2/h5-8,11-14,17-20,23-26,42,44-49,51-55H,3-4,9-10,15-16,21-22,27-41H2,1-2H3,(H,56,57)/b7-5-,8-6-,13-11-,14-12-,19-17-,20-18-,25-23-,26-24-. The second kappa shape index (κ2) is 38.7. The minimum atomic E-state index is -5.04. The summed E-state index contributed by atoms with van der Waals surface area (Å²) in [6.45, 7) is 3.94. The van der Waals surface area contributed by atoms with Gasteiger partial charge < -0.3 is 39.9 Å².